The van der Waals surface area contributed by atoms with E-state index in [-0.39, 0.29) is 23.7 Å². The fourth-order valence-electron chi connectivity index (χ4n) is 2.24. The van der Waals surface area contributed by atoms with Gasteiger partial charge in [-0.05, 0) is 23.3 Å². The molecule has 21 heavy (non-hydrogen) atoms. The van der Waals surface area contributed by atoms with Gasteiger partial charge in [-0.3, -0.25) is 4.79 Å². The van der Waals surface area contributed by atoms with Crippen LogP contribution in [0.25, 0.3) is 0 Å². The molecule has 0 bridgehead atoms. The van der Waals surface area contributed by atoms with Crippen LogP contribution in [0.3, 0.4) is 0 Å². The zero-order chi connectivity index (χ0) is 16.0. The fourth-order valence-corrected chi connectivity index (χ4v) is 2.24. The average molecular weight is 291 g/mol. The van der Waals surface area contributed by atoms with Gasteiger partial charge in [-0.2, -0.15) is 0 Å². The zero-order valence-electron chi connectivity index (χ0n) is 13.2. The van der Waals surface area contributed by atoms with Gasteiger partial charge in [0, 0.05) is 6.42 Å². The maximum Gasteiger partial charge on any atom is 0.326 e. The van der Waals surface area contributed by atoms with Crippen LogP contribution in [0.15, 0.2) is 30.3 Å². The van der Waals surface area contributed by atoms with E-state index in [0.717, 1.165) is 5.56 Å². The highest BCUT2D eigenvalue weighted by Gasteiger charge is 2.26. The number of carboxylic acid groups (broad SMARTS) is 1. The van der Waals surface area contributed by atoms with Gasteiger partial charge >= 0.3 is 5.97 Å². The van der Waals surface area contributed by atoms with Gasteiger partial charge in [0.25, 0.3) is 0 Å². The lowest BCUT2D eigenvalue weighted by Crippen LogP contribution is -2.43. The quantitative estimate of drug-likeness (QED) is 0.846. The lowest BCUT2D eigenvalue weighted by Gasteiger charge is -2.24. The number of nitrogens with one attached hydrogen (secondary N) is 1. The average Bonchev–Trinajstić information content (AvgIpc) is 2.37. The van der Waals surface area contributed by atoms with Gasteiger partial charge in [-0.25, -0.2) is 4.79 Å². The number of amides is 1. The first kappa shape index (κ1) is 17.2. The van der Waals surface area contributed by atoms with Crippen molar-refractivity contribution in [2.45, 2.75) is 52.5 Å². The Balaban J connectivity index is 2.60. The van der Waals surface area contributed by atoms with E-state index in [1.54, 1.807) is 0 Å². The van der Waals surface area contributed by atoms with Crippen LogP contribution in [0, 0.1) is 5.41 Å². The molecule has 1 aromatic rings. The minimum absolute atomic E-state index is 0.0651. The van der Waals surface area contributed by atoms with Gasteiger partial charge in [-0.1, -0.05) is 58.0 Å². The third kappa shape index (κ3) is 6.43. The second-order valence-corrected chi connectivity index (χ2v) is 6.74. The molecule has 0 fully saturated rings. The molecule has 0 aliphatic rings. The van der Waals surface area contributed by atoms with Gasteiger partial charge in [0.15, 0.2) is 0 Å². The van der Waals surface area contributed by atoms with E-state index < -0.39 is 12.0 Å². The summed E-state index contributed by atoms with van der Waals surface area (Å²) in [4.78, 5) is 23.3. The highest BCUT2D eigenvalue weighted by molar-refractivity contribution is 5.84. The first-order chi connectivity index (χ1) is 9.69. The van der Waals surface area contributed by atoms with E-state index in [1.165, 1.54) is 0 Å². The topological polar surface area (TPSA) is 66.4 Å². The summed E-state index contributed by atoms with van der Waals surface area (Å²) < 4.78 is 0. The molecule has 0 aromatic heterocycles. The number of carbonyl (C=O) groups excluding carboxylic acids is 1. The van der Waals surface area contributed by atoms with Gasteiger partial charge < -0.3 is 10.4 Å². The molecule has 1 amide bonds. The van der Waals surface area contributed by atoms with Crippen LogP contribution in [-0.4, -0.2) is 23.0 Å². The summed E-state index contributed by atoms with van der Waals surface area (Å²) in [6.45, 7) is 7.85. The third-order valence-corrected chi connectivity index (χ3v) is 3.31. The van der Waals surface area contributed by atoms with Gasteiger partial charge in [-0.15, -0.1) is 0 Å². The molecule has 0 saturated carbocycles. The summed E-state index contributed by atoms with van der Waals surface area (Å²) in [5, 5.41) is 11.9. The Kier molecular flexibility index (Phi) is 5.94. The third-order valence-electron chi connectivity index (χ3n) is 3.31. The molecule has 0 aliphatic heterocycles. The van der Waals surface area contributed by atoms with E-state index in [4.69, 9.17) is 0 Å². The van der Waals surface area contributed by atoms with Crippen molar-refractivity contribution in [2.24, 2.45) is 5.41 Å². The highest BCUT2D eigenvalue weighted by atomic mass is 16.4. The first-order valence-electron chi connectivity index (χ1n) is 7.26. The van der Waals surface area contributed by atoms with Gasteiger partial charge in [0.05, 0.1) is 0 Å². The van der Waals surface area contributed by atoms with E-state index in [0.29, 0.717) is 6.42 Å². The number of aliphatic carboxylic acids is 1. The van der Waals surface area contributed by atoms with Gasteiger partial charge in [0.2, 0.25) is 5.91 Å². The van der Waals surface area contributed by atoms with Crippen molar-refractivity contribution >= 4 is 11.9 Å². The number of carboxylic acids is 1. The zero-order valence-corrected chi connectivity index (χ0v) is 13.2. The summed E-state index contributed by atoms with van der Waals surface area (Å²) in [6, 6.07) is 8.91. The van der Waals surface area contributed by atoms with E-state index >= 15 is 0 Å². The standard InChI is InChI=1S/C17H25NO3/c1-12(13-8-6-5-7-9-13)10-15(19)18-14(16(20)21)11-17(2,3)4/h5-9,12,14H,10-11H2,1-4H3,(H,18,19)(H,20,21)/t12-,14-/m0/s1. The van der Waals surface area contributed by atoms with Crippen LogP contribution in [-0.2, 0) is 9.59 Å². The van der Waals surface area contributed by atoms with Crippen molar-refractivity contribution in [2.75, 3.05) is 0 Å². The number of hydrogen-bond acceptors (Lipinski definition) is 2. The molecule has 4 heteroatoms. The lowest BCUT2D eigenvalue weighted by molar-refractivity contribution is -0.142. The Morgan fingerprint density at radius 3 is 2.24 bits per heavy atom. The van der Waals surface area contributed by atoms with E-state index in [2.05, 4.69) is 5.32 Å². The van der Waals surface area contributed by atoms with Crippen molar-refractivity contribution in [3.63, 3.8) is 0 Å². The highest BCUT2D eigenvalue weighted by Crippen LogP contribution is 2.22. The molecule has 0 radical (unpaired) electrons. The lowest BCUT2D eigenvalue weighted by atomic mass is 9.88. The summed E-state index contributed by atoms with van der Waals surface area (Å²) in [6.07, 6.45) is 0.700. The van der Waals surface area contributed by atoms with Crippen molar-refractivity contribution in [3.05, 3.63) is 35.9 Å². The Morgan fingerprint density at radius 1 is 1.19 bits per heavy atom. The minimum atomic E-state index is -0.981. The van der Waals surface area contributed by atoms with Crippen molar-refractivity contribution in [3.8, 4) is 0 Å². The molecular formula is C17H25NO3. The minimum Gasteiger partial charge on any atom is -0.480 e. The Labute approximate surface area is 126 Å². The van der Waals surface area contributed by atoms with Crippen LogP contribution in [0.2, 0.25) is 0 Å². The predicted octanol–water partition coefficient (Wildman–Crippen LogP) is 3.19. The maximum absolute atomic E-state index is 12.1. The molecule has 1 aromatic carbocycles. The number of hydrogen-bond donors (Lipinski definition) is 2. The Hall–Kier alpha value is -1.84. The molecule has 0 heterocycles. The molecule has 0 spiro atoms. The summed E-state index contributed by atoms with van der Waals surface area (Å²) >= 11 is 0. The second-order valence-electron chi connectivity index (χ2n) is 6.74. The monoisotopic (exact) mass is 291 g/mol. The summed E-state index contributed by atoms with van der Waals surface area (Å²) in [7, 11) is 0. The number of carbonyl (C=O) groups is 2. The van der Waals surface area contributed by atoms with Crippen LogP contribution in [0.5, 0.6) is 0 Å². The Bertz CT molecular complexity index is 477. The molecule has 2 atom stereocenters. The molecule has 116 valence electrons. The second kappa shape index (κ2) is 7.25. The van der Waals surface area contributed by atoms with Crippen LogP contribution in [0.1, 0.15) is 52.0 Å². The van der Waals surface area contributed by atoms with Crippen LogP contribution in [0.4, 0.5) is 0 Å². The number of benzene rings is 1. The molecule has 0 saturated heterocycles. The van der Waals surface area contributed by atoms with Crippen molar-refractivity contribution in [1.29, 1.82) is 0 Å². The van der Waals surface area contributed by atoms with Crippen LogP contribution < -0.4 is 5.32 Å². The molecule has 2 N–H and O–H groups in total. The van der Waals surface area contributed by atoms with Crippen molar-refractivity contribution in [1.82, 2.24) is 5.32 Å². The maximum atomic E-state index is 12.1. The largest absolute Gasteiger partial charge is 0.480 e. The van der Waals surface area contributed by atoms with Crippen molar-refractivity contribution < 1.29 is 14.7 Å². The fraction of sp³-hybridized carbons (Fsp3) is 0.529. The summed E-state index contributed by atoms with van der Waals surface area (Å²) in [5.74, 6) is -1.14. The molecule has 0 aliphatic carbocycles. The van der Waals surface area contributed by atoms with Gasteiger partial charge in [0.1, 0.15) is 6.04 Å². The van der Waals surface area contributed by atoms with E-state index in [1.807, 2.05) is 58.0 Å². The molecule has 1 rings (SSSR count). The predicted molar refractivity (Wildman–Crippen MR) is 83.1 cm³/mol. The molecular weight excluding hydrogens is 266 g/mol. The van der Waals surface area contributed by atoms with Crippen LogP contribution >= 0.6 is 0 Å². The molecule has 4 nitrogen and oxygen atoms in total. The van der Waals surface area contributed by atoms with E-state index in [9.17, 15) is 14.7 Å². The summed E-state index contributed by atoms with van der Waals surface area (Å²) in [5.41, 5.74) is 0.928. The normalized spacial score (nSPS) is 14.3. The molecule has 0 unspecified atom stereocenters. The SMILES string of the molecule is C[C@@H](CC(=O)N[C@@H](CC(C)(C)C)C(=O)O)c1ccccc1. The smallest absolute Gasteiger partial charge is 0.326 e. The Morgan fingerprint density at radius 2 is 1.76 bits per heavy atom. The number of rotatable bonds is 6. The first-order valence-corrected chi connectivity index (χ1v) is 7.26.